The van der Waals surface area contributed by atoms with Crippen molar-refractivity contribution in [3.63, 3.8) is 0 Å². The van der Waals surface area contributed by atoms with Crippen molar-refractivity contribution in [2.75, 3.05) is 18.5 Å². The van der Waals surface area contributed by atoms with E-state index in [1.165, 1.54) is 31.0 Å². The van der Waals surface area contributed by atoms with Crippen LogP contribution in [0.1, 0.15) is 26.3 Å². The lowest BCUT2D eigenvalue weighted by molar-refractivity contribution is -0.139. The molecule has 164 valence electrons. The summed E-state index contributed by atoms with van der Waals surface area (Å²) in [6, 6.07) is 3.17. The average molecular weight is 435 g/mol. The molecule has 0 N–H and O–H groups in total. The van der Waals surface area contributed by atoms with E-state index in [-0.39, 0.29) is 12.3 Å². The van der Waals surface area contributed by atoms with Gasteiger partial charge in [0.1, 0.15) is 5.78 Å². The number of hydrogen-bond acceptors (Lipinski definition) is 6. The van der Waals surface area contributed by atoms with E-state index in [4.69, 9.17) is 0 Å². The topological polar surface area (TPSA) is 76.5 Å². The summed E-state index contributed by atoms with van der Waals surface area (Å²) in [5, 5.41) is 0. The SMILES string of the molecule is CC(=O)CN1C(=O)C2C(N=C3N(c4ccc(C(F)(F)F)cc4)C(C)=C(C)N32)N(C)C1=O. The van der Waals surface area contributed by atoms with E-state index >= 15 is 0 Å². The molecule has 8 nitrogen and oxygen atoms in total. The summed E-state index contributed by atoms with van der Waals surface area (Å²) in [6.07, 6.45) is -5.26. The molecule has 3 aliphatic rings. The molecule has 0 bridgehead atoms. The molecule has 4 rings (SSSR count). The number of carbonyl (C=O) groups excluding carboxylic acids is 3. The Morgan fingerprint density at radius 3 is 2.26 bits per heavy atom. The second-order valence-corrected chi connectivity index (χ2v) is 7.73. The molecule has 3 amide bonds. The number of aliphatic imine (C=N–C) groups is 1. The van der Waals surface area contributed by atoms with Gasteiger partial charge in [0.25, 0.3) is 5.91 Å². The molecule has 1 saturated heterocycles. The van der Waals surface area contributed by atoms with Gasteiger partial charge in [0.15, 0.2) is 12.2 Å². The number of alkyl halides is 3. The molecular formula is C20H20F3N5O3. The highest BCUT2D eigenvalue weighted by Gasteiger charge is 2.56. The molecule has 1 aromatic carbocycles. The van der Waals surface area contributed by atoms with Gasteiger partial charge in [0.2, 0.25) is 5.96 Å². The third-order valence-electron chi connectivity index (χ3n) is 5.73. The summed E-state index contributed by atoms with van der Waals surface area (Å²) in [6.45, 7) is 4.51. The van der Waals surface area contributed by atoms with E-state index in [0.717, 1.165) is 17.0 Å². The minimum absolute atomic E-state index is 0.330. The highest BCUT2D eigenvalue weighted by atomic mass is 19.4. The van der Waals surface area contributed by atoms with Crippen molar-refractivity contribution in [2.24, 2.45) is 4.99 Å². The zero-order chi connectivity index (χ0) is 22.8. The van der Waals surface area contributed by atoms with E-state index in [9.17, 15) is 27.6 Å². The van der Waals surface area contributed by atoms with Gasteiger partial charge in [-0.1, -0.05) is 0 Å². The molecule has 3 heterocycles. The number of anilines is 1. The zero-order valence-electron chi connectivity index (χ0n) is 17.3. The van der Waals surface area contributed by atoms with Gasteiger partial charge in [-0.25, -0.2) is 9.79 Å². The second-order valence-electron chi connectivity index (χ2n) is 7.73. The number of imide groups is 1. The molecule has 0 aliphatic carbocycles. The molecule has 0 spiro atoms. The Bertz CT molecular complexity index is 1050. The summed E-state index contributed by atoms with van der Waals surface area (Å²) in [5.74, 6) is -0.519. The van der Waals surface area contributed by atoms with Crippen molar-refractivity contribution in [2.45, 2.75) is 39.2 Å². The van der Waals surface area contributed by atoms with Crippen LogP contribution in [0.4, 0.5) is 23.7 Å². The van der Waals surface area contributed by atoms with E-state index in [2.05, 4.69) is 4.99 Å². The van der Waals surface area contributed by atoms with Crippen molar-refractivity contribution in [3.8, 4) is 0 Å². The van der Waals surface area contributed by atoms with Gasteiger partial charge in [0, 0.05) is 24.1 Å². The number of rotatable bonds is 3. The number of halogens is 3. The number of allylic oxidation sites excluding steroid dienone is 2. The predicted molar refractivity (Wildman–Crippen MR) is 105 cm³/mol. The first-order valence-electron chi connectivity index (χ1n) is 9.53. The molecule has 0 radical (unpaired) electrons. The standard InChI is InChI=1S/C20H20F3N5O3/c1-10(29)9-26-17(30)15-16(25(4)19(26)31)24-18-27(11(2)12(3)28(15)18)14-7-5-13(6-8-14)20(21,22)23/h5-8,15-16H,9H2,1-4H3. The molecule has 2 unspecified atom stereocenters. The van der Waals surface area contributed by atoms with Crippen LogP contribution in [-0.2, 0) is 15.8 Å². The van der Waals surface area contributed by atoms with Crippen LogP contribution in [-0.4, -0.2) is 64.2 Å². The highest BCUT2D eigenvalue weighted by molar-refractivity contribution is 6.11. The van der Waals surface area contributed by atoms with Crippen molar-refractivity contribution >= 4 is 29.4 Å². The van der Waals surface area contributed by atoms with Crippen LogP contribution in [0.3, 0.4) is 0 Å². The highest BCUT2D eigenvalue weighted by Crippen LogP contribution is 2.40. The fourth-order valence-electron chi connectivity index (χ4n) is 4.09. The summed E-state index contributed by atoms with van der Waals surface area (Å²) < 4.78 is 38.8. The fraction of sp³-hybridized carbons (Fsp3) is 0.400. The summed E-state index contributed by atoms with van der Waals surface area (Å²) >= 11 is 0. The van der Waals surface area contributed by atoms with E-state index in [1.807, 2.05) is 0 Å². The molecule has 0 aromatic heterocycles. The monoisotopic (exact) mass is 435 g/mol. The van der Waals surface area contributed by atoms with E-state index in [1.54, 1.807) is 23.6 Å². The molecule has 2 atom stereocenters. The van der Waals surface area contributed by atoms with Gasteiger partial charge in [-0.2, -0.15) is 13.2 Å². The number of Topliss-reactive ketones (excluding diaryl/α,β-unsaturated/α-hetero) is 1. The minimum atomic E-state index is -4.45. The molecule has 11 heteroatoms. The fourth-order valence-corrected chi connectivity index (χ4v) is 4.09. The smallest absolute Gasteiger partial charge is 0.302 e. The largest absolute Gasteiger partial charge is 0.416 e. The lowest BCUT2D eigenvalue weighted by Crippen LogP contribution is -2.65. The van der Waals surface area contributed by atoms with Gasteiger partial charge >= 0.3 is 12.2 Å². The predicted octanol–water partition coefficient (Wildman–Crippen LogP) is 2.63. The average Bonchev–Trinajstić information content (AvgIpc) is 3.19. The van der Waals surface area contributed by atoms with Crippen LogP contribution in [0.5, 0.6) is 0 Å². The van der Waals surface area contributed by atoms with E-state index < -0.39 is 35.9 Å². The number of carbonyl (C=O) groups is 3. The van der Waals surface area contributed by atoms with Crippen LogP contribution in [0.15, 0.2) is 40.7 Å². The number of fused-ring (bicyclic) bond motifs is 3. The summed E-state index contributed by atoms with van der Waals surface area (Å²) in [7, 11) is 1.50. The van der Waals surface area contributed by atoms with Crippen LogP contribution in [0.2, 0.25) is 0 Å². The molecule has 31 heavy (non-hydrogen) atoms. The first kappa shape index (κ1) is 20.9. The van der Waals surface area contributed by atoms with Gasteiger partial charge in [-0.3, -0.25) is 24.3 Å². The number of ketones is 1. The van der Waals surface area contributed by atoms with Gasteiger partial charge in [-0.15, -0.1) is 0 Å². The lowest BCUT2D eigenvalue weighted by atomic mass is 10.1. The third-order valence-corrected chi connectivity index (χ3v) is 5.73. The third kappa shape index (κ3) is 3.06. The maximum atomic E-state index is 13.1. The van der Waals surface area contributed by atoms with Crippen molar-refractivity contribution < 1.29 is 27.6 Å². The summed E-state index contributed by atoms with van der Waals surface area (Å²) in [5.41, 5.74) is 1.06. The maximum Gasteiger partial charge on any atom is 0.416 e. The van der Waals surface area contributed by atoms with Crippen LogP contribution in [0, 0.1) is 0 Å². The number of likely N-dealkylation sites (N-methyl/N-ethyl adjacent to an activating group) is 1. The van der Waals surface area contributed by atoms with E-state index in [0.29, 0.717) is 23.0 Å². The molecule has 1 fully saturated rings. The molecular weight excluding hydrogens is 415 g/mol. The maximum absolute atomic E-state index is 13.1. The second kappa shape index (κ2) is 6.82. The quantitative estimate of drug-likeness (QED) is 0.730. The number of guanidine groups is 1. The number of nitrogens with zero attached hydrogens (tertiary/aromatic N) is 5. The van der Waals surface area contributed by atoms with Crippen LogP contribution in [0.25, 0.3) is 0 Å². The van der Waals surface area contributed by atoms with Crippen molar-refractivity contribution in [1.29, 1.82) is 0 Å². The Balaban J connectivity index is 1.73. The van der Waals surface area contributed by atoms with Gasteiger partial charge < -0.3 is 4.90 Å². The van der Waals surface area contributed by atoms with Crippen LogP contribution >= 0.6 is 0 Å². The molecule has 1 aromatic rings. The first-order valence-corrected chi connectivity index (χ1v) is 9.53. The number of urea groups is 1. The normalized spacial score (nSPS) is 23.5. The number of hydrogen-bond donors (Lipinski definition) is 0. The molecule has 0 saturated carbocycles. The van der Waals surface area contributed by atoms with Gasteiger partial charge in [-0.05, 0) is 45.0 Å². The lowest BCUT2D eigenvalue weighted by Gasteiger charge is -2.40. The minimum Gasteiger partial charge on any atom is -0.302 e. The summed E-state index contributed by atoms with van der Waals surface area (Å²) in [4.78, 5) is 47.5. The number of amides is 3. The van der Waals surface area contributed by atoms with Crippen LogP contribution < -0.4 is 4.90 Å². The Kier molecular flexibility index (Phi) is 4.60. The van der Waals surface area contributed by atoms with Gasteiger partial charge in [0.05, 0.1) is 12.1 Å². The Morgan fingerprint density at radius 2 is 1.71 bits per heavy atom. The van der Waals surface area contributed by atoms with Crippen molar-refractivity contribution in [1.82, 2.24) is 14.7 Å². The number of benzene rings is 1. The van der Waals surface area contributed by atoms with Crippen molar-refractivity contribution in [3.05, 3.63) is 41.2 Å². The zero-order valence-corrected chi connectivity index (χ0v) is 17.3. The Labute approximate surface area is 176 Å². The molecule has 3 aliphatic heterocycles. The first-order chi connectivity index (χ1) is 14.4. The Hall–Kier alpha value is -3.37. The Morgan fingerprint density at radius 1 is 1.10 bits per heavy atom.